The van der Waals surface area contributed by atoms with E-state index in [0.29, 0.717) is 12.5 Å². The molecule has 1 aliphatic carbocycles. The summed E-state index contributed by atoms with van der Waals surface area (Å²) in [6.07, 6.45) is 7.14. The van der Waals surface area contributed by atoms with Gasteiger partial charge in [0.1, 0.15) is 0 Å². The Kier molecular flexibility index (Phi) is 5.55. The van der Waals surface area contributed by atoms with Crippen molar-refractivity contribution in [3.63, 3.8) is 0 Å². The SMILES string of the molecule is O=C(NC(c1ccccc1)C1CCCCC1)N1CCC(CO)C1. The second-order valence-corrected chi connectivity index (χ2v) is 7.02. The van der Waals surface area contributed by atoms with Crippen LogP contribution in [0, 0.1) is 11.8 Å². The second-order valence-electron chi connectivity index (χ2n) is 7.02. The van der Waals surface area contributed by atoms with Crippen molar-refractivity contribution >= 4 is 6.03 Å². The summed E-state index contributed by atoms with van der Waals surface area (Å²) in [4.78, 5) is 14.5. The van der Waals surface area contributed by atoms with Crippen molar-refractivity contribution in [2.24, 2.45) is 11.8 Å². The number of hydrogen-bond acceptors (Lipinski definition) is 2. The Balaban J connectivity index is 1.69. The number of nitrogens with zero attached hydrogens (tertiary/aromatic N) is 1. The fraction of sp³-hybridized carbons (Fsp3) is 0.632. The van der Waals surface area contributed by atoms with Crippen molar-refractivity contribution in [1.82, 2.24) is 10.2 Å². The number of benzene rings is 1. The molecule has 2 fully saturated rings. The van der Waals surface area contributed by atoms with E-state index >= 15 is 0 Å². The third kappa shape index (κ3) is 4.05. The van der Waals surface area contributed by atoms with Crippen molar-refractivity contribution in [1.29, 1.82) is 0 Å². The predicted molar refractivity (Wildman–Crippen MR) is 91.1 cm³/mol. The van der Waals surface area contributed by atoms with Crippen LogP contribution in [0.1, 0.15) is 50.1 Å². The third-order valence-electron chi connectivity index (χ3n) is 5.39. The van der Waals surface area contributed by atoms with Gasteiger partial charge in [-0.05, 0) is 30.7 Å². The summed E-state index contributed by atoms with van der Waals surface area (Å²) in [6, 6.07) is 10.5. The fourth-order valence-corrected chi connectivity index (χ4v) is 3.99. The van der Waals surface area contributed by atoms with Gasteiger partial charge in [-0.3, -0.25) is 0 Å². The maximum atomic E-state index is 12.7. The molecule has 2 unspecified atom stereocenters. The van der Waals surface area contributed by atoms with Crippen LogP contribution in [0.2, 0.25) is 0 Å². The van der Waals surface area contributed by atoms with Gasteiger partial charge < -0.3 is 15.3 Å². The van der Waals surface area contributed by atoms with Crippen LogP contribution in [0.15, 0.2) is 30.3 Å². The number of amides is 2. The molecule has 4 nitrogen and oxygen atoms in total. The predicted octanol–water partition coefficient (Wildman–Crippen LogP) is 3.33. The molecule has 0 bridgehead atoms. The van der Waals surface area contributed by atoms with Gasteiger partial charge >= 0.3 is 6.03 Å². The number of carbonyl (C=O) groups excluding carboxylic acids is 1. The molecule has 3 rings (SSSR count). The normalized spacial score (nSPS) is 23.7. The van der Waals surface area contributed by atoms with E-state index in [-0.39, 0.29) is 24.6 Å². The quantitative estimate of drug-likeness (QED) is 0.895. The van der Waals surface area contributed by atoms with E-state index in [9.17, 15) is 9.90 Å². The number of nitrogens with one attached hydrogen (secondary N) is 1. The van der Waals surface area contributed by atoms with E-state index < -0.39 is 0 Å². The molecule has 1 aromatic rings. The van der Waals surface area contributed by atoms with Gasteiger partial charge in [-0.1, -0.05) is 49.6 Å². The molecule has 1 saturated carbocycles. The van der Waals surface area contributed by atoms with Crippen LogP contribution in [-0.2, 0) is 0 Å². The molecule has 2 aliphatic rings. The zero-order chi connectivity index (χ0) is 16.1. The Morgan fingerprint density at radius 2 is 1.91 bits per heavy atom. The lowest BCUT2D eigenvalue weighted by atomic mass is 9.81. The lowest BCUT2D eigenvalue weighted by Gasteiger charge is -2.32. The largest absolute Gasteiger partial charge is 0.396 e. The molecule has 2 N–H and O–H groups in total. The zero-order valence-electron chi connectivity index (χ0n) is 13.8. The minimum atomic E-state index is 0.0281. The van der Waals surface area contributed by atoms with Crippen molar-refractivity contribution in [3.05, 3.63) is 35.9 Å². The number of urea groups is 1. The highest BCUT2D eigenvalue weighted by molar-refractivity contribution is 5.75. The summed E-state index contributed by atoms with van der Waals surface area (Å²) < 4.78 is 0. The minimum Gasteiger partial charge on any atom is -0.396 e. The first-order valence-corrected chi connectivity index (χ1v) is 8.99. The van der Waals surface area contributed by atoms with E-state index in [1.165, 1.54) is 37.7 Å². The van der Waals surface area contributed by atoms with E-state index in [1.54, 1.807) is 0 Å². The van der Waals surface area contributed by atoms with Gasteiger partial charge in [0.2, 0.25) is 0 Å². The van der Waals surface area contributed by atoms with E-state index in [0.717, 1.165) is 13.0 Å². The molecular weight excluding hydrogens is 288 g/mol. The van der Waals surface area contributed by atoms with Gasteiger partial charge in [0.25, 0.3) is 0 Å². The summed E-state index contributed by atoms with van der Waals surface area (Å²) in [7, 11) is 0. The van der Waals surface area contributed by atoms with Crippen LogP contribution in [-0.4, -0.2) is 35.7 Å². The molecular formula is C19H28N2O2. The fourth-order valence-electron chi connectivity index (χ4n) is 3.99. The number of aliphatic hydroxyl groups excluding tert-OH is 1. The Bertz CT molecular complexity index is 499. The molecule has 2 amide bonds. The number of rotatable bonds is 4. The highest BCUT2D eigenvalue weighted by Gasteiger charge is 2.30. The van der Waals surface area contributed by atoms with Crippen LogP contribution in [0.5, 0.6) is 0 Å². The van der Waals surface area contributed by atoms with Crippen molar-refractivity contribution in [2.45, 2.75) is 44.6 Å². The van der Waals surface area contributed by atoms with Gasteiger partial charge in [-0.15, -0.1) is 0 Å². The van der Waals surface area contributed by atoms with Gasteiger partial charge in [-0.25, -0.2) is 4.79 Å². The number of likely N-dealkylation sites (tertiary alicyclic amines) is 1. The Labute approximate surface area is 138 Å². The zero-order valence-corrected chi connectivity index (χ0v) is 13.8. The summed E-state index contributed by atoms with van der Waals surface area (Å²) in [5.41, 5.74) is 1.21. The first-order chi connectivity index (χ1) is 11.3. The summed E-state index contributed by atoms with van der Waals surface area (Å²) >= 11 is 0. The molecule has 1 saturated heterocycles. The molecule has 1 heterocycles. The lowest BCUT2D eigenvalue weighted by Crippen LogP contribution is -2.43. The average molecular weight is 316 g/mol. The Hall–Kier alpha value is -1.55. The second kappa shape index (κ2) is 7.82. The first kappa shape index (κ1) is 16.3. The van der Waals surface area contributed by atoms with Crippen molar-refractivity contribution in [3.8, 4) is 0 Å². The van der Waals surface area contributed by atoms with Crippen LogP contribution in [0.3, 0.4) is 0 Å². The molecule has 1 aromatic carbocycles. The molecule has 0 radical (unpaired) electrons. The van der Waals surface area contributed by atoms with Crippen LogP contribution >= 0.6 is 0 Å². The van der Waals surface area contributed by atoms with Crippen LogP contribution in [0.4, 0.5) is 4.79 Å². The standard InChI is InChI=1S/C19H28N2O2/c22-14-15-11-12-21(13-15)19(23)20-18(16-7-3-1-4-8-16)17-9-5-2-6-10-17/h1,3-4,7-8,15,17-18,22H,2,5-6,9-14H2,(H,20,23). The van der Waals surface area contributed by atoms with Gasteiger partial charge in [0.15, 0.2) is 0 Å². The molecule has 4 heteroatoms. The summed E-state index contributed by atoms with van der Waals surface area (Å²) in [6.45, 7) is 1.60. The maximum Gasteiger partial charge on any atom is 0.317 e. The molecule has 0 spiro atoms. The highest BCUT2D eigenvalue weighted by atomic mass is 16.3. The average Bonchev–Trinajstić information content (AvgIpc) is 3.10. The molecule has 2 atom stereocenters. The van der Waals surface area contributed by atoms with Crippen LogP contribution in [0.25, 0.3) is 0 Å². The number of hydrogen-bond donors (Lipinski definition) is 2. The number of carbonyl (C=O) groups is 1. The topological polar surface area (TPSA) is 52.6 Å². The highest BCUT2D eigenvalue weighted by Crippen LogP contribution is 2.34. The van der Waals surface area contributed by atoms with E-state index in [1.807, 2.05) is 11.0 Å². The summed E-state index contributed by atoms with van der Waals surface area (Å²) in [5.74, 6) is 0.775. The maximum absolute atomic E-state index is 12.7. The smallest absolute Gasteiger partial charge is 0.317 e. The Morgan fingerprint density at radius 3 is 2.57 bits per heavy atom. The lowest BCUT2D eigenvalue weighted by molar-refractivity contribution is 0.185. The van der Waals surface area contributed by atoms with Crippen LogP contribution < -0.4 is 5.32 Å². The summed E-state index contributed by atoms with van der Waals surface area (Å²) in [5, 5.41) is 12.6. The number of aliphatic hydroxyl groups is 1. The van der Waals surface area contributed by atoms with Gasteiger partial charge in [-0.2, -0.15) is 0 Å². The monoisotopic (exact) mass is 316 g/mol. The van der Waals surface area contributed by atoms with Crippen molar-refractivity contribution in [2.75, 3.05) is 19.7 Å². The molecule has 0 aromatic heterocycles. The molecule has 1 aliphatic heterocycles. The minimum absolute atomic E-state index is 0.0281. The molecule has 126 valence electrons. The van der Waals surface area contributed by atoms with Gasteiger partial charge in [0.05, 0.1) is 6.04 Å². The van der Waals surface area contributed by atoms with E-state index in [4.69, 9.17) is 0 Å². The van der Waals surface area contributed by atoms with Crippen molar-refractivity contribution < 1.29 is 9.90 Å². The Morgan fingerprint density at radius 1 is 1.17 bits per heavy atom. The molecule has 23 heavy (non-hydrogen) atoms. The van der Waals surface area contributed by atoms with Gasteiger partial charge in [0, 0.05) is 25.6 Å². The van der Waals surface area contributed by atoms with E-state index in [2.05, 4.69) is 29.6 Å². The third-order valence-corrected chi connectivity index (χ3v) is 5.39. The first-order valence-electron chi connectivity index (χ1n) is 8.99.